The number of rotatable bonds is 2. The van der Waals surface area contributed by atoms with Crippen molar-refractivity contribution in [1.29, 1.82) is 0 Å². The molecule has 0 aromatic carbocycles. The zero-order valence-corrected chi connectivity index (χ0v) is 7.71. The van der Waals surface area contributed by atoms with Crippen LogP contribution >= 0.6 is 0 Å². The van der Waals surface area contributed by atoms with Crippen molar-refractivity contribution in [3.05, 3.63) is 0 Å². The van der Waals surface area contributed by atoms with Crippen LogP contribution in [0.15, 0.2) is 0 Å². The van der Waals surface area contributed by atoms with Crippen LogP contribution in [-0.2, 0) is 14.4 Å². The molecule has 2 rings (SSSR count). The molecule has 6 nitrogen and oxygen atoms in total. The lowest BCUT2D eigenvalue weighted by Crippen LogP contribution is -2.48. The average molecular weight is 199 g/mol. The lowest BCUT2D eigenvalue weighted by molar-refractivity contribution is -0.129. The van der Waals surface area contributed by atoms with Crippen LogP contribution in [0.5, 0.6) is 0 Å². The molecule has 0 aliphatic carbocycles. The highest BCUT2D eigenvalue weighted by Crippen LogP contribution is 2.05. The normalized spacial score (nSPS) is 31.6. The van der Waals surface area contributed by atoms with Gasteiger partial charge in [-0.15, -0.1) is 0 Å². The number of carbonyl (C=O) groups is 2. The fourth-order valence-corrected chi connectivity index (χ4v) is 1.63. The molecule has 0 saturated carbocycles. The summed E-state index contributed by atoms with van der Waals surface area (Å²) in [4.78, 5) is 27.3. The molecule has 2 fully saturated rings. The van der Waals surface area contributed by atoms with Gasteiger partial charge in [-0.3, -0.25) is 14.4 Å². The van der Waals surface area contributed by atoms with E-state index >= 15 is 0 Å². The van der Waals surface area contributed by atoms with E-state index in [1.54, 1.807) is 0 Å². The molecule has 2 aliphatic rings. The van der Waals surface area contributed by atoms with E-state index in [1.165, 1.54) is 0 Å². The van der Waals surface area contributed by atoms with Crippen LogP contribution in [0.3, 0.4) is 0 Å². The van der Waals surface area contributed by atoms with Crippen LogP contribution in [0.25, 0.3) is 0 Å². The quantitative estimate of drug-likeness (QED) is 0.494. The number of nitrogens with one attached hydrogen (secondary N) is 3. The molecular weight excluding hydrogens is 186 g/mol. The maximum absolute atomic E-state index is 11.5. The predicted octanol–water partition coefficient (Wildman–Crippen LogP) is -1.72. The Morgan fingerprint density at radius 2 is 2.43 bits per heavy atom. The van der Waals surface area contributed by atoms with Gasteiger partial charge in [-0.25, -0.2) is 5.48 Å². The Labute approximate surface area is 81.3 Å². The second kappa shape index (κ2) is 3.93. The zero-order chi connectivity index (χ0) is 9.97. The van der Waals surface area contributed by atoms with Gasteiger partial charge in [-0.1, -0.05) is 0 Å². The molecule has 2 unspecified atom stereocenters. The van der Waals surface area contributed by atoms with Gasteiger partial charge in [-0.05, 0) is 19.4 Å². The van der Waals surface area contributed by atoms with Crippen LogP contribution in [0, 0.1) is 0 Å². The van der Waals surface area contributed by atoms with E-state index < -0.39 is 6.04 Å². The Balaban J connectivity index is 1.84. The SMILES string of the molecule is O=C(NC1CONC1=O)C1CCCN1. The predicted molar refractivity (Wildman–Crippen MR) is 47.1 cm³/mol. The molecule has 6 heteroatoms. The van der Waals surface area contributed by atoms with Crippen molar-refractivity contribution < 1.29 is 14.4 Å². The number of amides is 2. The van der Waals surface area contributed by atoms with Gasteiger partial charge in [0.1, 0.15) is 12.6 Å². The largest absolute Gasteiger partial charge is 0.341 e. The van der Waals surface area contributed by atoms with E-state index in [0.29, 0.717) is 0 Å². The summed E-state index contributed by atoms with van der Waals surface area (Å²) in [5.41, 5.74) is 2.19. The number of carbonyl (C=O) groups excluding carboxylic acids is 2. The molecule has 78 valence electrons. The fourth-order valence-electron chi connectivity index (χ4n) is 1.63. The van der Waals surface area contributed by atoms with Crippen LogP contribution in [0.1, 0.15) is 12.8 Å². The first kappa shape index (κ1) is 9.42. The summed E-state index contributed by atoms with van der Waals surface area (Å²) in [5.74, 6) is -0.399. The summed E-state index contributed by atoms with van der Waals surface area (Å²) in [6.45, 7) is 1.07. The van der Waals surface area contributed by atoms with Crippen molar-refractivity contribution >= 4 is 11.8 Å². The van der Waals surface area contributed by atoms with Crippen molar-refractivity contribution in [3.63, 3.8) is 0 Å². The first-order chi connectivity index (χ1) is 6.77. The molecule has 14 heavy (non-hydrogen) atoms. The molecule has 2 heterocycles. The zero-order valence-electron chi connectivity index (χ0n) is 7.71. The van der Waals surface area contributed by atoms with Crippen LogP contribution in [0.2, 0.25) is 0 Å². The van der Waals surface area contributed by atoms with Gasteiger partial charge >= 0.3 is 0 Å². The molecule has 2 aliphatic heterocycles. The molecule has 0 aromatic rings. The molecule has 2 saturated heterocycles. The van der Waals surface area contributed by atoms with Gasteiger partial charge in [0.25, 0.3) is 5.91 Å². The maximum Gasteiger partial charge on any atom is 0.268 e. The molecule has 0 bridgehead atoms. The molecule has 2 amide bonds. The Morgan fingerprint density at radius 3 is 3.00 bits per heavy atom. The molecule has 0 spiro atoms. The smallest absolute Gasteiger partial charge is 0.268 e. The minimum absolute atomic E-state index is 0.117. The second-order valence-electron chi connectivity index (χ2n) is 3.49. The second-order valence-corrected chi connectivity index (χ2v) is 3.49. The maximum atomic E-state index is 11.5. The monoisotopic (exact) mass is 199 g/mol. The van der Waals surface area contributed by atoms with Crippen molar-refractivity contribution in [2.75, 3.05) is 13.2 Å². The summed E-state index contributed by atoms with van der Waals surface area (Å²) in [6.07, 6.45) is 1.84. The summed E-state index contributed by atoms with van der Waals surface area (Å²) in [5, 5.41) is 5.69. The van der Waals surface area contributed by atoms with E-state index in [0.717, 1.165) is 19.4 Å². The molecule has 2 atom stereocenters. The van der Waals surface area contributed by atoms with E-state index in [-0.39, 0.29) is 24.5 Å². The Hall–Kier alpha value is -1.14. The Morgan fingerprint density at radius 1 is 1.57 bits per heavy atom. The van der Waals surface area contributed by atoms with E-state index in [1.807, 2.05) is 0 Å². The number of hydrogen-bond donors (Lipinski definition) is 3. The first-order valence-corrected chi connectivity index (χ1v) is 4.73. The van der Waals surface area contributed by atoms with Crippen molar-refractivity contribution in [2.24, 2.45) is 0 Å². The topological polar surface area (TPSA) is 79.5 Å². The summed E-state index contributed by atoms with van der Waals surface area (Å²) < 4.78 is 0. The minimum Gasteiger partial charge on any atom is -0.341 e. The van der Waals surface area contributed by atoms with Crippen LogP contribution in [-0.4, -0.2) is 37.0 Å². The van der Waals surface area contributed by atoms with E-state index in [2.05, 4.69) is 16.1 Å². The fraction of sp³-hybridized carbons (Fsp3) is 0.750. The van der Waals surface area contributed by atoms with Gasteiger partial charge < -0.3 is 10.6 Å². The molecule has 0 aromatic heterocycles. The summed E-state index contributed by atoms with van der Waals surface area (Å²) in [6, 6.07) is -0.687. The third kappa shape index (κ3) is 1.85. The number of hydroxylamine groups is 1. The number of hydrogen-bond acceptors (Lipinski definition) is 4. The highest BCUT2D eigenvalue weighted by Gasteiger charge is 2.30. The minimum atomic E-state index is -0.537. The Kier molecular flexibility index (Phi) is 2.64. The lowest BCUT2D eigenvalue weighted by atomic mass is 10.2. The van der Waals surface area contributed by atoms with Gasteiger partial charge in [0, 0.05) is 0 Å². The molecule has 3 N–H and O–H groups in total. The van der Waals surface area contributed by atoms with Crippen LogP contribution < -0.4 is 16.1 Å². The average Bonchev–Trinajstić information content (AvgIpc) is 2.77. The molecule has 0 radical (unpaired) electrons. The Bertz CT molecular complexity index is 250. The van der Waals surface area contributed by atoms with Crippen molar-refractivity contribution in [1.82, 2.24) is 16.1 Å². The highest BCUT2D eigenvalue weighted by molar-refractivity contribution is 5.90. The van der Waals surface area contributed by atoms with Crippen molar-refractivity contribution in [2.45, 2.75) is 24.9 Å². The third-order valence-electron chi connectivity index (χ3n) is 2.43. The van der Waals surface area contributed by atoms with Gasteiger partial charge in [0.2, 0.25) is 5.91 Å². The van der Waals surface area contributed by atoms with Crippen LogP contribution in [0.4, 0.5) is 0 Å². The summed E-state index contributed by atoms with van der Waals surface area (Å²) in [7, 11) is 0. The van der Waals surface area contributed by atoms with Crippen molar-refractivity contribution in [3.8, 4) is 0 Å². The first-order valence-electron chi connectivity index (χ1n) is 4.73. The third-order valence-corrected chi connectivity index (χ3v) is 2.43. The van der Waals surface area contributed by atoms with Gasteiger partial charge in [0.15, 0.2) is 0 Å². The van der Waals surface area contributed by atoms with E-state index in [9.17, 15) is 9.59 Å². The standard InChI is InChI=1S/C8H13N3O3/c12-7(5-2-1-3-9-5)10-6-4-14-11-8(6)13/h5-6,9H,1-4H2,(H,10,12)(H,11,13). The summed E-state index contributed by atoms with van der Waals surface area (Å²) >= 11 is 0. The van der Waals surface area contributed by atoms with E-state index in [4.69, 9.17) is 4.84 Å². The molecular formula is C8H13N3O3. The lowest BCUT2D eigenvalue weighted by Gasteiger charge is -2.13. The van der Waals surface area contributed by atoms with Gasteiger partial charge in [-0.2, -0.15) is 0 Å². The highest BCUT2D eigenvalue weighted by atomic mass is 16.7. The van der Waals surface area contributed by atoms with Gasteiger partial charge in [0.05, 0.1) is 6.04 Å².